The Morgan fingerprint density at radius 2 is 1.93 bits per heavy atom. The van der Waals surface area contributed by atoms with E-state index in [9.17, 15) is 14.4 Å². The number of nitrogens with one attached hydrogen (secondary N) is 1. The summed E-state index contributed by atoms with van der Waals surface area (Å²) in [5.41, 5.74) is 5.16. The Bertz CT molecular complexity index is 1820. The molecule has 1 spiro atoms. The van der Waals surface area contributed by atoms with E-state index in [1.165, 1.54) is 19.2 Å². The van der Waals surface area contributed by atoms with Gasteiger partial charge in [0.05, 0.1) is 24.9 Å². The van der Waals surface area contributed by atoms with Crippen molar-refractivity contribution >= 4 is 17.6 Å². The monoisotopic (exact) mass is 618 g/mol. The van der Waals surface area contributed by atoms with Gasteiger partial charge in [-0.3, -0.25) is 10.2 Å². The van der Waals surface area contributed by atoms with Crippen molar-refractivity contribution in [2.45, 2.75) is 38.1 Å². The minimum absolute atomic E-state index is 0.132. The predicted molar refractivity (Wildman–Crippen MR) is 172 cm³/mol. The molecule has 4 aromatic rings. The number of halogens is 1. The molecule has 3 aliphatic rings. The van der Waals surface area contributed by atoms with Gasteiger partial charge in [-0.2, -0.15) is 5.26 Å². The molecule has 234 valence electrons. The number of ether oxygens (including phenoxy) is 2. The van der Waals surface area contributed by atoms with Gasteiger partial charge in [0.1, 0.15) is 17.9 Å². The van der Waals surface area contributed by atoms with Gasteiger partial charge in [-0.1, -0.05) is 18.2 Å². The van der Waals surface area contributed by atoms with E-state index < -0.39 is 6.09 Å². The molecule has 1 atom stereocenters. The van der Waals surface area contributed by atoms with Gasteiger partial charge in [-0.05, 0) is 97.3 Å². The van der Waals surface area contributed by atoms with Crippen LogP contribution in [0.2, 0.25) is 0 Å². The summed E-state index contributed by atoms with van der Waals surface area (Å²) >= 11 is 0. The van der Waals surface area contributed by atoms with Gasteiger partial charge in [-0.15, -0.1) is 0 Å². The zero-order valence-corrected chi connectivity index (χ0v) is 25.7. The second kappa shape index (κ2) is 12.4. The summed E-state index contributed by atoms with van der Waals surface area (Å²) in [5, 5.41) is 12.2. The fourth-order valence-corrected chi connectivity index (χ4v) is 6.94. The summed E-state index contributed by atoms with van der Waals surface area (Å²) in [6.07, 6.45) is 6.96. The molecular weight excluding hydrogens is 583 g/mol. The molecule has 2 saturated heterocycles. The van der Waals surface area contributed by atoms with Crippen LogP contribution in [0.1, 0.15) is 48.3 Å². The maximum atomic E-state index is 14.6. The molecule has 46 heavy (non-hydrogen) atoms. The molecule has 7 rings (SSSR count). The van der Waals surface area contributed by atoms with Crippen LogP contribution in [0.15, 0.2) is 73.2 Å². The molecule has 1 amide bonds. The molecule has 1 aromatic heterocycles. The van der Waals surface area contributed by atoms with Crippen molar-refractivity contribution in [3.05, 3.63) is 95.7 Å². The van der Waals surface area contributed by atoms with Crippen molar-refractivity contribution < 1.29 is 18.7 Å². The van der Waals surface area contributed by atoms with Crippen molar-refractivity contribution in [2.75, 3.05) is 43.5 Å². The number of amides is 1. The number of hydrogen-bond donors (Lipinski definition) is 1. The molecule has 1 saturated carbocycles. The molecule has 0 bridgehead atoms. The molecule has 3 aromatic carbocycles. The van der Waals surface area contributed by atoms with Crippen LogP contribution < -0.4 is 15.0 Å². The van der Waals surface area contributed by atoms with E-state index in [1.807, 2.05) is 30.3 Å². The largest absolute Gasteiger partial charge is 0.453 e. The Morgan fingerprint density at radius 3 is 2.76 bits per heavy atom. The predicted octanol–water partition coefficient (Wildman–Crippen LogP) is 7.10. The number of aromatic nitrogens is 2. The van der Waals surface area contributed by atoms with Crippen LogP contribution in [0.3, 0.4) is 0 Å². The number of hydrogen-bond acceptors (Lipinski definition) is 8. The SMILES string of the molecule is COC(=O)Nc1cccc(CN2CCC3(CCN(c4ncncc4Oc4ccc(F)cc4-c4ccc(C#N)cc4C4CC4)C3)C2)c1. The van der Waals surface area contributed by atoms with E-state index in [0.29, 0.717) is 34.2 Å². The highest BCUT2D eigenvalue weighted by Gasteiger charge is 2.44. The Kier molecular flexibility index (Phi) is 8.01. The van der Waals surface area contributed by atoms with Crippen LogP contribution in [0, 0.1) is 22.6 Å². The van der Waals surface area contributed by atoms with E-state index in [2.05, 4.69) is 37.2 Å². The Labute approximate surface area is 267 Å². The zero-order chi connectivity index (χ0) is 31.7. The molecule has 9 nitrogen and oxygen atoms in total. The number of methoxy groups -OCH3 is 1. The van der Waals surface area contributed by atoms with Crippen LogP contribution in [0.4, 0.5) is 20.7 Å². The maximum absolute atomic E-state index is 14.6. The second-order valence-electron chi connectivity index (χ2n) is 12.6. The van der Waals surface area contributed by atoms with E-state index in [4.69, 9.17) is 9.47 Å². The van der Waals surface area contributed by atoms with Gasteiger partial charge < -0.3 is 14.4 Å². The number of carbonyl (C=O) groups excluding carboxylic acids is 1. The Balaban J connectivity index is 1.08. The third-order valence-corrected chi connectivity index (χ3v) is 9.33. The summed E-state index contributed by atoms with van der Waals surface area (Å²) in [6, 6.07) is 20.3. The number of likely N-dealkylation sites (tertiary alicyclic amines) is 1. The smallest absolute Gasteiger partial charge is 0.411 e. The standard InChI is InChI=1S/C36H35FN6O3/c1-45-35(44)41-28-4-2-3-25(15-28)20-42-13-11-36(21-42)12-14-43(22-36)34-33(19-39-23-40-34)46-32-10-8-27(37)17-31(32)29-9-5-24(18-38)16-30(29)26-6-7-26/h2-5,8-10,15-17,19,23,26H,6-7,11-14,20-22H2,1H3,(H,41,44). The molecule has 10 heteroatoms. The zero-order valence-electron chi connectivity index (χ0n) is 25.7. The van der Waals surface area contributed by atoms with Crippen molar-refractivity contribution in [1.29, 1.82) is 5.26 Å². The Hall–Kier alpha value is -5.01. The molecule has 0 radical (unpaired) electrons. The van der Waals surface area contributed by atoms with Gasteiger partial charge >= 0.3 is 6.09 Å². The quantitative estimate of drug-likeness (QED) is 0.223. The molecule has 2 aliphatic heterocycles. The fraction of sp³-hybridized carbons (Fsp3) is 0.333. The minimum Gasteiger partial charge on any atom is -0.453 e. The van der Waals surface area contributed by atoms with Crippen molar-refractivity contribution in [3.8, 4) is 28.7 Å². The molecule has 3 heterocycles. The van der Waals surface area contributed by atoms with Crippen LogP contribution in [-0.2, 0) is 11.3 Å². The van der Waals surface area contributed by atoms with Gasteiger partial charge in [0.25, 0.3) is 0 Å². The maximum Gasteiger partial charge on any atom is 0.411 e. The normalized spacial score (nSPS) is 19.3. The first-order valence-electron chi connectivity index (χ1n) is 15.6. The number of carbonyl (C=O) groups is 1. The highest BCUT2D eigenvalue weighted by atomic mass is 19.1. The van der Waals surface area contributed by atoms with Crippen LogP contribution in [-0.4, -0.2) is 54.2 Å². The van der Waals surface area contributed by atoms with Crippen LogP contribution in [0.5, 0.6) is 11.5 Å². The van der Waals surface area contributed by atoms with Gasteiger partial charge in [0.2, 0.25) is 0 Å². The Morgan fingerprint density at radius 1 is 1.07 bits per heavy atom. The van der Waals surface area contributed by atoms with Gasteiger partial charge in [-0.25, -0.2) is 19.2 Å². The van der Waals surface area contributed by atoms with Crippen molar-refractivity contribution in [3.63, 3.8) is 0 Å². The fourth-order valence-electron chi connectivity index (χ4n) is 6.94. The summed E-state index contributed by atoms with van der Waals surface area (Å²) in [4.78, 5) is 25.3. The first kappa shape index (κ1) is 29.7. The number of rotatable bonds is 8. The molecule has 1 N–H and O–H groups in total. The second-order valence-corrected chi connectivity index (χ2v) is 12.6. The first-order valence-corrected chi connectivity index (χ1v) is 15.6. The van der Waals surface area contributed by atoms with Crippen molar-refractivity contribution in [2.24, 2.45) is 5.41 Å². The summed E-state index contributed by atoms with van der Waals surface area (Å²) in [5.74, 6) is 1.79. The molecular formula is C36H35FN6O3. The topological polar surface area (TPSA) is 104 Å². The number of nitriles is 1. The third kappa shape index (κ3) is 6.24. The summed E-state index contributed by atoms with van der Waals surface area (Å²) in [7, 11) is 1.35. The lowest BCUT2D eigenvalue weighted by molar-refractivity contribution is 0.187. The van der Waals surface area contributed by atoms with Crippen LogP contribution >= 0.6 is 0 Å². The van der Waals surface area contributed by atoms with Gasteiger partial charge in [0, 0.05) is 42.8 Å². The minimum atomic E-state index is -0.482. The molecule has 1 unspecified atom stereocenters. The molecule has 3 fully saturated rings. The summed E-state index contributed by atoms with van der Waals surface area (Å²) in [6.45, 7) is 4.44. The number of anilines is 2. The average molecular weight is 619 g/mol. The van der Waals surface area contributed by atoms with Gasteiger partial charge in [0.15, 0.2) is 11.6 Å². The lowest BCUT2D eigenvalue weighted by Crippen LogP contribution is -2.31. The summed E-state index contributed by atoms with van der Waals surface area (Å²) < 4.78 is 25.9. The molecule has 1 aliphatic carbocycles. The third-order valence-electron chi connectivity index (χ3n) is 9.33. The van der Waals surface area contributed by atoms with Crippen molar-refractivity contribution in [1.82, 2.24) is 14.9 Å². The number of benzene rings is 3. The highest BCUT2D eigenvalue weighted by Crippen LogP contribution is 2.48. The van der Waals surface area contributed by atoms with E-state index in [0.717, 1.165) is 80.9 Å². The number of nitrogens with zero attached hydrogens (tertiary/aromatic N) is 5. The van der Waals surface area contributed by atoms with E-state index >= 15 is 0 Å². The lowest BCUT2D eigenvalue weighted by atomic mass is 9.86. The first-order chi connectivity index (χ1) is 22.4. The average Bonchev–Trinajstić information content (AvgIpc) is 3.74. The van der Waals surface area contributed by atoms with Crippen LogP contribution in [0.25, 0.3) is 11.1 Å². The van der Waals surface area contributed by atoms with E-state index in [1.54, 1.807) is 24.7 Å². The lowest BCUT2D eigenvalue weighted by Gasteiger charge is -2.26. The van der Waals surface area contributed by atoms with E-state index in [-0.39, 0.29) is 11.2 Å². The highest BCUT2D eigenvalue weighted by molar-refractivity contribution is 5.84.